The van der Waals surface area contributed by atoms with Crippen molar-refractivity contribution in [3.05, 3.63) is 47.6 Å². The summed E-state index contributed by atoms with van der Waals surface area (Å²) in [7, 11) is -3.34. The molecular formula is C15H19N3O3S. The lowest BCUT2D eigenvalue weighted by molar-refractivity contribution is 0.336. The van der Waals surface area contributed by atoms with Gasteiger partial charge in [-0.15, -0.1) is 0 Å². The summed E-state index contributed by atoms with van der Waals surface area (Å²) in [5.41, 5.74) is 0.798. The maximum Gasteiger partial charge on any atom is 0.231 e. The molecule has 1 fully saturated rings. The minimum atomic E-state index is -3.34. The lowest BCUT2D eigenvalue weighted by atomic mass is 9.98. The number of aryl methyl sites for hydroxylation is 1. The molecule has 0 amide bonds. The standard InChI is InChI=1S/C15H19N3O3S/c1-11-8-18(9-14(11)15-16-12(2)17-21-15)22(19,20)10-13-6-4-3-5-7-13/h3-7,11,14H,8-10H2,1-2H3/t11-,14-/m1/s1. The minimum Gasteiger partial charge on any atom is -0.339 e. The van der Waals surface area contributed by atoms with E-state index >= 15 is 0 Å². The number of aromatic nitrogens is 2. The van der Waals surface area contributed by atoms with Gasteiger partial charge in [0.2, 0.25) is 15.9 Å². The molecule has 0 saturated carbocycles. The molecule has 0 aliphatic carbocycles. The lowest BCUT2D eigenvalue weighted by Gasteiger charge is -2.16. The van der Waals surface area contributed by atoms with Crippen molar-refractivity contribution >= 4 is 10.0 Å². The fourth-order valence-electron chi connectivity index (χ4n) is 2.81. The second-order valence-corrected chi connectivity index (χ2v) is 7.79. The summed E-state index contributed by atoms with van der Waals surface area (Å²) in [4.78, 5) is 4.24. The molecule has 0 bridgehead atoms. The van der Waals surface area contributed by atoms with Gasteiger partial charge in [-0.05, 0) is 18.4 Å². The Balaban J connectivity index is 1.76. The maximum absolute atomic E-state index is 12.6. The summed E-state index contributed by atoms with van der Waals surface area (Å²) in [5, 5.41) is 3.80. The van der Waals surface area contributed by atoms with E-state index < -0.39 is 10.0 Å². The van der Waals surface area contributed by atoms with E-state index in [-0.39, 0.29) is 17.6 Å². The van der Waals surface area contributed by atoms with E-state index in [1.807, 2.05) is 37.3 Å². The number of benzene rings is 1. The molecule has 0 radical (unpaired) electrons. The second kappa shape index (κ2) is 5.81. The van der Waals surface area contributed by atoms with Gasteiger partial charge in [0, 0.05) is 13.1 Å². The first-order valence-corrected chi connectivity index (χ1v) is 8.88. The molecule has 0 unspecified atom stereocenters. The van der Waals surface area contributed by atoms with Gasteiger partial charge in [0.05, 0.1) is 11.7 Å². The Hall–Kier alpha value is -1.73. The Bertz CT molecular complexity index is 742. The zero-order valence-corrected chi connectivity index (χ0v) is 13.5. The normalized spacial score (nSPS) is 23.0. The molecule has 7 heteroatoms. The van der Waals surface area contributed by atoms with Crippen molar-refractivity contribution in [3.63, 3.8) is 0 Å². The van der Waals surface area contributed by atoms with Gasteiger partial charge in [0.1, 0.15) is 0 Å². The predicted molar refractivity (Wildman–Crippen MR) is 81.6 cm³/mol. The first-order valence-electron chi connectivity index (χ1n) is 7.27. The first-order chi connectivity index (χ1) is 10.5. The van der Waals surface area contributed by atoms with Crippen LogP contribution in [0.3, 0.4) is 0 Å². The van der Waals surface area contributed by atoms with E-state index in [4.69, 9.17) is 4.52 Å². The molecule has 2 aromatic rings. The Labute approximate surface area is 130 Å². The first kappa shape index (κ1) is 15.2. The molecule has 2 heterocycles. The highest BCUT2D eigenvalue weighted by Crippen LogP contribution is 2.33. The van der Waals surface area contributed by atoms with Crippen LogP contribution in [0.5, 0.6) is 0 Å². The van der Waals surface area contributed by atoms with E-state index in [9.17, 15) is 8.42 Å². The van der Waals surface area contributed by atoms with Crippen LogP contribution in [-0.2, 0) is 15.8 Å². The minimum absolute atomic E-state index is 0.0239. The number of sulfonamides is 1. The van der Waals surface area contributed by atoms with Gasteiger partial charge in [-0.2, -0.15) is 4.98 Å². The molecular weight excluding hydrogens is 302 g/mol. The molecule has 1 aromatic carbocycles. The smallest absolute Gasteiger partial charge is 0.231 e. The molecule has 2 atom stereocenters. The Kier molecular flexibility index (Phi) is 4.01. The van der Waals surface area contributed by atoms with Crippen molar-refractivity contribution in [2.45, 2.75) is 25.5 Å². The molecule has 0 spiro atoms. The third-order valence-corrected chi connectivity index (χ3v) is 5.81. The Morgan fingerprint density at radius 1 is 1.27 bits per heavy atom. The molecule has 118 valence electrons. The average molecular weight is 321 g/mol. The van der Waals surface area contributed by atoms with E-state index in [0.717, 1.165) is 5.56 Å². The molecule has 1 aliphatic rings. The lowest BCUT2D eigenvalue weighted by Crippen LogP contribution is -2.30. The largest absolute Gasteiger partial charge is 0.339 e. The van der Waals surface area contributed by atoms with Crippen LogP contribution in [0.15, 0.2) is 34.9 Å². The van der Waals surface area contributed by atoms with Crippen molar-refractivity contribution in [1.29, 1.82) is 0 Å². The van der Waals surface area contributed by atoms with Gasteiger partial charge in [-0.3, -0.25) is 0 Å². The zero-order chi connectivity index (χ0) is 15.7. The topological polar surface area (TPSA) is 76.3 Å². The average Bonchev–Trinajstić information content (AvgIpc) is 3.06. The van der Waals surface area contributed by atoms with Crippen LogP contribution in [0, 0.1) is 12.8 Å². The molecule has 1 aromatic heterocycles. The summed E-state index contributed by atoms with van der Waals surface area (Å²) in [6, 6.07) is 9.23. The van der Waals surface area contributed by atoms with Crippen LogP contribution in [0.4, 0.5) is 0 Å². The highest BCUT2D eigenvalue weighted by molar-refractivity contribution is 7.88. The highest BCUT2D eigenvalue weighted by atomic mass is 32.2. The van der Waals surface area contributed by atoms with Crippen LogP contribution in [0.2, 0.25) is 0 Å². The van der Waals surface area contributed by atoms with Crippen LogP contribution in [0.1, 0.15) is 30.1 Å². The van der Waals surface area contributed by atoms with Gasteiger partial charge in [0.15, 0.2) is 5.82 Å². The summed E-state index contributed by atoms with van der Waals surface area (Å²) < 4.78 is 31.9. The quantitative estimate of drug-likeness (QED) is 0.860. The van der Waals surface area contributed by atoms with Crippen molar-refractivity contribution in [3.8, 4) is 0 Å². The van der Waals surface area contributed by atoms with Crippen LogP contribution in [0.25, 0.3) is 0 Å². The summed E-state index contributed by atoms with van der Waals surface area (Å²) >= 11 is 0. The second-order valence-electron chi connectivity index (χ2n) is 5.82. The van der Waals surface area contributed by atoms with Crippen LogP contribution in [-0.4, -0.2) is 36.0 Å². The Morgan fingerprint density at radius 2 is 2.00 bits per heavy atom. The highest BCUT2D eigenvalue weighted by Gasteiger charge is 2.39. The zero-order valence-electron chi connectivity index (χ0n) is 12.6. The SMILES string of the molecule is Cc1noc([C@@H]2CN(S(=O)(=O)Cc3ccccc3)C[C@H]2C)n1. The van der Waals surface area contributed by atoms with Gasteiger partial charge in [-0.1, -0.05) is 42.4 Å². The fraction of sp³-hybridized carbons (Fsp3) is 0.467. The molecule has 0 N–H and O–H groups in total. The van der Waals surface area contributed by atoms with Crippen molar-refractivity contribution < 1.29 is 12.9 Å². The monoisotopic (exact) mass is 321 g/mol. The fourth-order valence-corrected chi connectivity index (χ4v) is 4.46. The molecule has 3 rings (SSSR count). The predicted octanol–water partition coefficient (Wildman–Crippen LogP) is 1.94. The van der Waals surface area contributed by atoms with Crippen LogP contribution >= 0.6 is 0 Å². The van der Waals surface area contributed by atoms with E-state index in [1.165, 1.54) is 4.31 Å². The summed E-state index contributed by atoms with van der Waals surface area (Å²) in [5.74, 6) is 1.25. The number of rotatable bonds is 4. The Morgan fingerprint density at radius 3 is 2.64 bits per heavy atom. The summed E-state index contributed by atoms with van der Waals surface area (Å²) in [6.07, 6.45) is 0. The van der Waals surface area contributed by atoms with Crippen molar-refractivity contribution in [2.75, 3.05) is 13.1 Å². The van der Waals surface area contributed by atoms with Gasteiger partial charge >= 0.3 is 0 Å². The van der Waals surface area contributed by atoms with E-state index in [1.54, 1.807) is 6.92 Å². The van der Waals surface area contributed by atoms with Gasteiger partial charge < -0.3 is 4.52 Å². The van der Waals surface area contributed by atoms with Crippen LogP contribution < -0.4 is 0 Å². The molecule has 6 nitrogen and oxygen atoms in total. The third-order valence-electron chi connectivity index (χ3n) is 4.02. The number of nitrogens with zero attached hydrogens (tertiary/aromatic N) is 3. The third kappa shape index (κ3) is 3.05. The van der Waals surface area contributed by atoms with E-state index in [2.05, 4.69) is 10.1 Å². The van der Waals surface area contributed by atoms with Crippen molar-refractivity contribution in [2.24, 2.45) is 5.92 Å². The molecule has 22 heavy (non-hydrogen) atoms. The number of hydrogen-bond acceptors (Lipinski definition) is 5. The van der Waals surface area contributed by atoms with Crippen molar-refractivity contribution in [1.82, 2.24) is 14.4 Å². The van der Waals surface area contributed by atoms with Gasteiger partial charge in [0.25, 0.3) is 0 Å². The van der Waals surface area contributed by atoms with E-state index in [0.29, 0.717) is 24.8 Å². The maximum atomic E-state index is 12.6. The summed E-state index contributed by atoms with van der Waals surface area (Å²) in [6.45, 7) is 4.66. The van der Waals surface area contributed by atoms with Gasteiger partial charge in [-0.25, -0.2) is 12.7 Å². The number of hydrogen-bond donors (Lipinski definition) is 0. The molecule has 1 aliphatic heterocycles. The molecule has 1 saturated heterocycles.